The van der Waals surface area contributed by atoms with Gasteiger partial charge in [-0.1, -0.05) is 133 Å². The van der Waals surface area contributed by atoms with Crippen molar-refractivity contribution in [3.05, 3.63) is 284 Å². The highest BCUT2D eigenvalue weighted by molar-refractivity contribution is 6.26. The molecule has 0 aliphatic carbocycles. The molecule has 88 heavy (non-hydrogen) atoms. The van der Waals surface area contributed by atoms with Gasteiger partial charge in [-0.25, -0.2) is 4.85 Å². The third kappa shape index (κ3) is 6.65. The van der Waals surface area contributed by atoms with Crippen molar-refractivity contribution in [2.24, 2.45) is 0 Å². The maximum Gasteiger partial charge on any atom is 0.212 e. The van der Waals surface area contributed by atoms with Crippen molar-refractivity contribution in [2.75, 3.05) is 0 Å². The molecule has 0 amide bonds. The van der Waals surface area contributed by atoms with Crippen LogP contribution in [-0.4, -0.2) is 18.3 Å². The van der Waals surface area contributed by atoms with Gasteiger partial charge in [0.2, 0.25) is 5.69 Å². The number of aromatic nitrogens is 4. The van der Waals surface area contributed by atoms with Crippen LogP contribution in [0, 0.1) is 17.9 Å². The maximum atomic E-state index is 11.3. The fourth-order valence-corrected chi connectivity index (χ4v) is 14.6. The van der Waals surface area contributed by atoms with Crippen LogP contribution in [0.2, 0.25) is 0 Å². The molecule has 0 aliphatic rings. The molecule has 19 aromatic rings. The Morgan fingerprint density at radius 3 is 1.14 bits per heavy atom. The Labute approximate surface area is 501 Å². The summed E-state index contributed by atoms with van der Waals surface area (Å²) in [5.41, 5.74) is 19.7. The highest BCUT2D eigenvalue weighted by Crippen LogP contribution is 2.48. The summed E-state index contributed by atoms with van der Waals surface area (Å²) in [6.45, 7) is 8.86. The topological polar surface area (TPSA) is 74.2 Å². The van der Waals surface area contributed by atoms with Gasteiger partial charge in [0.1, 0.15) is 22.3 Å². The smallest absolute Gasteiger partial charge is 0.212 e. The number of para-hydroxylation sites is 6. The monoisotopic (exact) mass is 1120 g/mol. The lowest BCUT2D eigenvalue weighted by molar-refractivity contribution is 0.672. The van der Waals surface area contributed by atoms with Gasteiger partial charge in [-0.3, -0.25) is 0 Å². The van der Waals surface area contributed by atoms with E-state index in [9.17, 15) is 5.26 Å². The molecule has 8 heteroatoms. The zero-order valence-corrected chi connectivity index (χ0v) is 46.9. The van der Waals surface area contributed by atoms with Gasteiger partial charge in [0.15, 0.2) is 0 Å². The van der Waals surface area contributed by atoms with Gasteiger partial charge in [-0.2, -0.15) is 5.26 Å². The molecule has 0 spiro atoms. The van der Waals surface area contributed by atoms with Gasteiger partial charge in [-0.05, 0) is 156 Å². The summed E-state index contributed by atoms with van der Waals surface area (Å²) in [6.07, 6.45) is 0. The Morgan fingerprint density at radius 1 is 0.307 bits per heavy atom. The molecule has 6 aromatic heterocycles. The quantitative estimate of drug-likeness (QED) is 0.156. The Hall–Kier alpha value is -12.4. The number of nitrogens with zero attached hydrogens (tertiary/aromatic N) is 6. The lowest BCUT2D eigenvalue weighted by Gasteiger charge is -2.16. The van der Waals surface area contributed by atoms with E-state index in [1.807, 2.05) is 36.4 Å². The second kappa shape index (κ2) is 18.1. The van der Waals surface area contributed by atoms with Crippen molar-refractivity contribution in [3.63, 3.8) is 0 Å². The Morgan fingerprint density at radius 2 is 0.682 bits per heavy atom. The molecule has 0 saturated heterocycles. The van der Waals surface area contributed by atoms with Gasteiger partial charge in [0.25, 0.3) is 0 Å². The van der Waals surface area contributed by atoms with Crippen LogP contribution in [0.1, 0.15) is 5.56 Å². The molecule has 8 nitrogen and oxygen atoms in total. The minimum absolute atomic E-state index is 0.347. The van der Waals surface area contributed by atoms with E-state index in [1.54, 1.807) is 6.07 Å². The van der Waals surface area contributed by atoms with Crippen LogP contribution < -0.4 is 0 Å². The summed E-state index contributed by atoms with van der Waals surface area (Å²) in [6, 6.07) is 96.5. The van der Waals surface area contributed by atoms with Crippen molar-refractivity contribution < 1.29 is 8.83 Å². The number of fused-ring (bicyclic) bond motifs is 20. The van der Waals surface area contributed by atoms with E-state index in [0.717, 1.165) is 149 Å². The number of rotatable bonds is 6. The SMILES string of the molecule is [C-]#[N+]c1cc(C#N)c(-n2c3ccc(-c4ccc5c(c4)c4ccccc4n5-c4ccccc4)cc3c3c4oc5ccccc5c4ccc32)cc1-n1c2ccc(-c3ccc4c(c3)c3ccccc3n4-c3ccccc3)cc2c2c3oc4ccccc4c3ccc21. The van der Waals surface area contributed by atoms with Crippen molar-refractivity contribution in [1.29, 1.82) is 5.26 Å². The van der Waals surface area contributed by atoms with Crippen molar-refractivity contribution in [3.8, 4) is 51.1 Å². The lowest BCUT2D eigenvalue weighted by Crippen LogP contribution is -2.02. The first-order valence-corrected chi connectivity index (χ1v) is 29.5. The van der Waals surface area contributed by atoms with Gasteiger partial charge >= 0.3 is 0 Å². The predicted molar refractivity (Wildman–Crippen MR) is 360 cm³/mol. The first-order chi connectivity index (χ1) is 43.6. The number of hydrogen-bond donors (Lipinski definition) is 0. The third-order valence-electron chi connectivity index (χ3n) is 18.4. The van der Waals surface area contributed by atoms with Crippen LogP contribution in [0.3, 0.4) is 0 Å². The van der Waals surface area contributed by atoms with Crippen molar-refractivity contribution >= 4 is 137 Å². The van der Waals surface area contributed by atoms with Gasteiger partial charge in [0.05, 0.1) is 84.5 Å². The van der Waals surface area contributed by atoms with E-state index < -0.39 is 0 Å². The highest BCUT2D eigenvalue weighted by Gasteiger charge is 2.26. The number of furan rings is 2. The van der Waals surface area contributed by atoms with E-state index >= 15 is 0 Å². The molecule has 0 N–H and O–H groups in total. The van der Waals surface area contributed by atoms with E-state index in [0.29, 0.717) is 22.6 Å². The average Bonchev–Trinajstić information content (AvgIpc) is 1.83. The van der Waals surface area contributed by atoms with E-state index in [4.69, 9.17) is 15.4 Å². The highest BCUT2D eigenvalue weighted by atomic mass is 16.3. The molecule has 0 atom stereocenters. The van der Waals surface area contributed by atoms with Crippen molar-refractivity contribution in [1.82, 2.24) is 18.3 Å². The number of benzene rings is 13. The summed E-state index contributed by atoms with van der Waals surface area (Å²) < 4.78 is 22.9. The standard InChI is InChI=1S/C80H44N6O2/c1-82-64-44-51(46-81)73(85-69-36-30-49(42-62(69)77-71(85)38-32-58-56-22-10-14-26-75(56)87-79(58)77)47-28-34-67-60(40-47)54-20-8-12-24-65(54)83(67)52-16-4-2-5-17-52)45-74(64)86-70-37-31-50(43-63(70)78-72(86)39-33-59-57-23-11-15-27-76(57)88-80(59)78)48-29-35-68-61(41-48)55-21-9-13-25-66(55)84(68)53-18-6-3-7-19-53/h2-45H. The minimum Gasteiger partial charge on any atom is -0.455 e. The number of nitriles is 1. The van der Waals surface area contributed by atoms with Crippen LogP contribution in [0.25, 0.3) is 181 Å². The molecule has 0 bridgehead atoms. The average molecular weight is 1120 g/mol. The molecule has 13 aromatic carbocycles. The fraction of sp³-hybridized carbons (Fsp3) is 0. The normalized spacial score (nSPS) is 12.1. The summed E-state index contributed by atoms with van der Waals surface area (Å²) in [5.74, 6) is 0. The van der Waals surface area contributed by atoms with Gasteiger partial charge < -0.3 is 27.1 Å². The van der Waals surface area contributed by atoms with Crippen LogP contribution in [0.4, 0.5) is 5.69 Å². The Bertz CT molecular complexity index is 5950. The van der Waals surface area contributed by atoms with Gasteiger partial charge in [-0.15, -0.1) is 0 Å². The third-order valence-corrected chi connectivity index (χ3v) is 18.4. The second-order valence-electron chi connectivity index (χ2n) is 22.9. The molecular weight excluding hydrogens is 1080 g/mol. The largest absolute Gasteiger partial charge is 0.455 e. The second-order valence-corrected chi connectivity index (χ2v) is 22.9. The van der Waals surface area contributed by atoms with Crippen molar-refractivity contribution in [2.45, 2.75) is 0 Å². The minimum atomic E-state index is 0.347. The summed E-state index contributed by atoms with van der Waals surface area (Å²) in [4.78, 5) is 4.23. The van der Waals surface area contributed by atoms with Crippen LogP contribution in [0.5, 0.6) is 0 Å². The van der Waals surface area contributed by atoms with Crippen LogP contribution in [0.15, 0.2) is 276 Å². The molecular formula is C80H44N6O2. The first-order valence-electron chi connectivity index (χ1n) is 29.5. The summed E-state index contributed by atoms with van der Waals surface area (Å²) >= 11 is 0. The molecule has 0 aliphatic heterocycles. The summed E-state index contributed by atoms with van der Waals surface area (Å²) in [5, 5.41) is 23.9. The van der Waals surface area contributed by atoms with Crippen LogP contribution >= 0.6 is 0 Å². The fourth-order valence-electron chi connectivity index (χ4n) is 14.6. The number of hydrogen-bond acceptors (Lipinski definition) is 3. The predicted octanol–water partition coefficient (Wildman–Crippen LogP) is 21.6. The molecule has 19 rings (SSSR count). The molecule has 0 radical (unpaired) electrons. The molecule has 6 heterocycles. The van der Waals surface area contributed by atoms with Crippen LogP contribution in [-0.2, 0) is 0 Å². The molecule has 0 unspecified atom stereocenters. The molecule has 0 fully saturated rings. The zero-order chi connectivity index (χ0) is 57.9. The van der Waals surface area contributed by atoms with E-state index in [-0.39, 0.29) is 0 Å². The first kappa shape index (κ1) is 48.1. The maximum absolute atomic E-state index is 11.3. The summed E-state index contributed by atoms with van der Waals surface area (Å²) in [7, 11) is 0. The Kier molecular flexibility index (Phi) is 9.87. The Balaban J connectivity index is 0.847. The lowest BCUT2D eigenvalue weighted by atomic mass is 10.00. The van der Waals surface area contributed by atoms with E-state index in [2.05, 4.69) is 254 Å². The van der Waals surface area contributed by atoms with Gasteiger partial charge in [0, 0.05) is 65.2 Å². The molecule has 0 saturated carbocycles. The molecule has 406 valence electrons. The van der Waals surface area contributed by atoms with E-state index in [1.165, 1.54) is 16.2 Å². The zero-order valence-electron chi connectivity index (χ0n) is 46.9.